The summed E-state index contributed by atoms with van der Waals surface area (Å²) in [5.41, 5.74) is 2.36. The van der Waals surface area contributed by atoms with Gasteiger partial charge in [-0.3, -0.25) is 24.3 Å². The Kier molecular flexibility index (Phi) is 7.62. The average Bonchev–Trinajstić information content (AvgIpc) is 3.69. The minimum absolute atomic E-state index is 0.0133. The van der Waals surface area contributed by atoms with E-state index in [1.54, 1.807) is 11.1 Å². The maximum absolute atomic E-state index is 12.7. The van der Waals surface area contributed by atoms with Gasteiger partial charge < -0.3 is 15.5 Å². The zero-order chi connectivity index (χ0) is 25.8. The molecule has 0 spiro atoms. The van der Waals surface area contributed by atoms with Gasteiger partial charge in [-0.15, -0.1) is 11.3 Å². The van der Waals surface area contributed by atoms with Gasteiger partial charge in [0.05, 0.1) is 21.5 Å². The highest BCUT2D eigenvalue weighted by Crippen LogP contribution is 2.28. The van der Waals surface area contributed by atoms with Crippen LogP contribution in [0.1, 0.15) is 35.9 Å². The van der Waals surface area contributed by atoms with Crippen molar-refractivity contribution in [1.29, 1.82) is 0 Å². The summed E-state index contributed by atoms with van der Waals surface area (Å²) < 4.78 is 0. The molecule has 2 aromatic heterocycles. The molecule has 2 atom stereocenters. The molecular weight excluding hydrogens is 486 g/mol. The molecular formula is C28H31N5O3S. The van der Waals surface area contributed by atoms with Crippen LogP contribution in [-0.2, 0) is 9.59 Å². The van der Waals surface area contributed by atoms with E-state index in [1.807, 2.05) is 61.5 Å². The standard InChI is InChI=1S/C28H31N5O3S/c1-19(32-14-4-5-15-32)27(35)31-21-7-9-22(10-8-21)33-18-20(16-26(33)34)17-30-28(36)25-12-11-24(37-25)23-6-2-3-13-29-23/h2-3,6-13,19-20H,4-5,14-18H2,1H3,(H,30,36)(H,31,35). The Labute approximate surface area is 220 Å². The highest BCUT2D eigenvalue weighted by Gasteiger charge is 2.31. The van der Waals surface area contributed by atoms with E-state index in [9.17, 15) is 14.4 Å². The number of nitrogens with one attached hydrogen (secondary N) is 2. The third kappa shape index (κ3) is 5.89. The number of hydrogen-bond donors (Lipinski definition) is 2. The minimum Gasteiger partial charge on any atom is -0.351 e. The van der Waals surface area contributed by atoms with Gasteiger partial charge >= 0.3 is 0 Å². The van der Waals surface area contributed by atoms with Crippen molar-refractivity contribution < 1.29 is 14.4 Å². The van der Waals surface area contributed by atoms with E-state index < -0.39 is 0 Å². The maximum Gasteiger partial charge on any atom is 0.261 e. The van der Waals surface area contributed by atoms with Gasteiger partial charge in [0.15, 0.2) is 0 Å². The first-order valence-electron chi connectivity index (χ1n) is 12.7. The van der Waals surface area contributed by atoms with Gasteiger partial charge in [0, 0.05) is 43.0 Å². The summed E-state index contributed by atoms with van der Waals surface area (Å²) in [4.78, 5) is 47.8. The zero-order valence-corrected chi connectivity index (χ0v) is 21.7. The SMILES string of the molecule is CC(C(=O)Nc1ccc(N2CC(CNC(=O)c3ccc(-c4ccccn4)s3)CC2=O)cc1)N1CCCC1. The van der Waals surface area contributed by atoms with Crippen molar-refractivity contribution in [3.63, 3.8) is 0 Å². The fourth-order valence-corrected chi connectivity index (χ4v) is 5.76. The van der Waals surface area contributed by atoms with Crippen molar-refractivity contribution in [2.75, 3.05) is 36.4 Å². The Morgan fingerprint density at radius 1 is 1.08 bits per heavy atom. The first-order valence-corrected chi connectivity index (χ1v) is 13.5. The van der Waals surface area contributed by atoms with Crippen molar-refractivity contribution in [3.05, 3.63) is 65.7 Å². The van der Waals surface area contributed by atoms with Crippen LogP contribution in [-0.4, -0.2) is 59.8 Å². The molecule has 2 aliphatic heterocycles. The number of benzene rings is 1. The molecule has 2 fully saturated rings. The number of nitrogens with zero attached hydrogens (tertiary/aromatic N) is 3. The Morgan fingerprint density at radius 3 is 2.59 bits per heavy atom. The highest BCUT2D eigenvalue weighted by atomic mass is 32.1. The lowest BCUT2D eigenvalue weighted by molar-refractivity contribution is -0.120. The molecule has 0 radical (unpaired) electrons. The molecule has 3 amide bonds. The molecule has 2 unspecified atom stereocenters. The molecule has 0 aliphatic carbocycles. The molecule has 2 aliphatic rings. The van der Waals surface area contributed by atoms with Crippen LogP contribution in [0.3, 0.4) is 0 Å². The minimum atomic E-state index is -0.158. The first-order chi connectivity index (χ1) is 18.0. The molecule has 0 bridgehead atoms. The van der Waals surface area contributed by atoms with E-state index in [2.05, 4.69) is 20.5 Å². The summed E-state index contributed by atoms with van der Waals surface area (Å²) in [5, 5.41) is 5.97. The van der Waals surface area contributed by atoms with Crippen molar-refractivity contribution in [2.45, 2.75) is 32.2 Å². The van der Waals surface area contributed by atoms with Crippen LogP contribution in [0.4, 0.5) is 11.4 Å². The van der Waals surface area contributed by atoms with E-state index in [0.29, 0.717) is 24.4 Å². The van der Waals surface area contributed by atoms with Crippen molar-refractivity contribution in [3.8, 4) is 10.6 Å². The third-order valence-corrected chi connectivity index (χ3v) is 8.12. The maximum atomic E-state index is 12.7. The van der Waals surface area contributed by atoms with E-state index in [1.165, 1.54) is 11.3 Å². The quantitative estimate of drug-likeness (QED) is 0.471. The van der Waals surface area contributed by atoms with E-state index in [0.717, 1.165) is 47.9 Å². The number of amides is 3. The van der Waals surface area contributed by atoms with Gasteiger partial charge in [-0.1, -0.05) is 6.07 Å². The first kappa shape index (κ1) is 25.1. The molecule has 3 aromatic rings. The Hall–Kier alpha value is -3.56. The van der Waals surface area contributed by atoms with E-state index in [4.69, 9.17) is 0 Å². The summed E-state index contributed by atoms with van der Waals surface area (Å²) in [6.07, 6.45) is 4.40. The largest absolute Gasteiger partial charge is 0.351 e. The predicted molar refractivity (Wildman–Crippen MR) is 146 cm³/mol. The van der Waals surface area contributed by atoms with Gasteiger partial charge in [0.25, 0.3) is 5.91 Å². The van der Waals surface area contributed by atoms with Crippen LogP contribution in [0.15, 0.2) is 60.8 Å². The zero-order valence-electron chi connectivity index (χ0n) is 20.9. The van der Waals surface area contributed by atoms with Crippen molar-refractivity contribution in [1.82, 2.24) is 15.2 Å². The number of pyridine rings is 1. The number of rotatable bonds is 8. The number of anilines is 2. The smallest absolute Gasteiger partial charge is 0.261 e. The van der Waals surface area contributed by atoms with Crippen LogP contribution in [0.25, 0.3) is 10.6 Å². The number of thiophene rings is 1. The number of likely N-dealkylation sites (tertiary alicyclic amines) is 1. The molecule has 2 N–H and O–H groups in total. The second-order valence-corrected chi connectivity index (χ2v) is 10.7. The summed E-state index contributed by atoms with van der Waals surface area (Å²) in [6.45, 7) is 4.84. The number of carbonyl (C=O) groups excluding carboxylic acids is 3. The van der Waals surface area contributed by atoms with Gasteiger partial charge in [-0.05, 0) is 81.4 Å². The number of hydrogen-bond acceptors (Lipinski definition) is 6. The predicted octanol–water partition coefficient (Wildman–Crippen LogP) is 4.02. The summed E-state index contributed by atoms with van der Waals surface area (Å²) in [6, 6.07) is 16.6. The molecule has 2 saturated heterocycles. The molecule has 5 rings (SSSR count). The molecule has 8 nitrogen and oxygen atoms in total. The summed E-state index contributed by atoms with van der Waals surface area (Å²) in [5.74, 6) is -0.0819. The lowest BCUT2D eigenvalue weighted by Gasteiger charge is -2.23. The lowest BCUT2D eigenvalue weighted by atomic mass is 10.1. The van der Waals surface area contributed by atoms with Crippen LogP contribution in [0.2, 0.25) is 0 Å². The highest BCUT2D eigenvalue weighted by molar-refractivity contribution is 7.17. The van der Waals surface area contributed by atoms with Crippen LogP contribution >= 0.6 is 11.3 Å². The monoisotopic (exact) mass is 517 g/mol. The molecule has 4 heterocycles. The van der Waals surface area contributed by atoms with Crippen LogP contribution in [0, 0.1) is 5.92 Å². The van der Waals surface area contributed by atoms with E-state index >= 15 is 0 Å². The molecule has 0 saturated carbocycles. The Bertz CT molecular complexity index is 1250. The molecule has 1 aromatic carbocycles. The molecule has 9 heteroatoms. The normalized spacial score (nSPS) is 18.7. The fourth-order valence-electron chi connectivity index (χ4n) is 4.86. The van der Waals surface area contributed by atoms with Gasteiger partial charge in [0.1, 0.15) is 0 Å². The van der Waals surface area contributed by atoms with Crippen molar-refractivity contribution >= 4 is 40.4 Å². The second-order valence-electron chi connectivity index (χ2n) is 9.62. The molecule has 37 heavy (non-hydrogen) atoms. The van der Waals surface area contributed by atoms with Gasteiger partial charge in [-0.25, -0.2) is 0 Å². The van der Waals surface area contributed by atoms with Gasteiger partial charge in [0.2, 0.25) is 11.8 Å². The fraction of sp³-hybridized carbons (Fsp3) is 0.357. The van der Waals surface area contributed by atoms with Crippen LogP contribution in [0.5, 0.6) is 0 Å². The number of aromatic nitrogens is 1. The Morgan fingerprint density at radius 2 is 1.86 bits per heavy atom. The Balaban J connectivity index is 1.12. The summed E-state index contributed by atoms with van der Waals surface area (Å²) in [7, 11) is 0. The lowest BCUT2D eigenvalue weighted by Crippen LogP contribution is -2.40. The third-order valence-electron chi connectivity index (χ3n) is 7.02. The van der Waals surface area contributed by atoms with Crippen LogP contribution < -0.4 is 15.5 Å². The second kappa shape index (κ2) is 11.2. The van der Waals surface area contributed by atoms with Gasteiger partial charge in [-0.2, -0.15) is 0 Å². The number of carbonyl (C=O) groups is 3. The van der Waals surface area contributed by atoms with E-state index in [-0.39, 0.29) is 29.7 Å². The molecule has 192 valence electrons. The topological polar surface area (TPSA) is 94.6 Å². The summed E-state index contributed by atoms with van der Waals surface area (Å²) >= 11 is 1.40. The van der Waals surface area contributed by atoms with Crippen molar-refractivity contribution in [2.24, 2.45) is 5.92 Å². The average molecular weight is 518 g/mol.